The van der Waals surface area contributed by atoms with Gasteiger partial charge >= 0.3 is 6.61 Å². The molecule has 1 unspecified atom stereocenters. The molecule has 0 aromatic heterocycles. The zero-order valence-electron chi connectivity index (χ0n) is 10.8. The average Bonchev–Trinajstić information content (AvgIpc) is 2.37. The minimum atomic E-state index is -2.91. The number of carbonyl (C=O) groups is 1. The molecule has 0 saturated carbocycles. The Morgan fingerprint density at radius 2 is 2.05 bits per heavy atom. The number of hydrogen-bond acceptors (Lipinski definition) is 4. The third-order valence-corrected chi connectivity index (χ3v) is 2.32. The van der Waals surface area contributed by atoms with E-state index in [1.165, 1.54) is 13.2 Å². The summed E-state index contributed by atoms with van der Waals surface area (Å²) in [4.78, 5) is 11.5. The number of para-hydroxylation sites is 1. The Morgan fingerprint density at radius 1 is 1.40 bits per heavy atom. The lowest BCUT2D eigenvalue weighted by Gasteiger charge is -2.13. The van der Waals surface area contributed by atoms with Crippen LogP contribution in [0.5, 0.6) is 5.75 Å². The second-order valence-electron chi connectivity index (χ2n) is 3.77. The number of benzene rings is 1. The van der Waals surface area contributed by atoms with Gasteiger partial charge in [0.05, 0.1) is 6.61 Å². The van der Waals surface area contributed by atoms with Crippen LogP contribution in [0.3, 0.4) is 0 Å². The van der Waals surface area contributed by atoms with Crippen molar-refractivity contribution in [3.05, 3.63) is 29.8 Å². The number of halogens is 3. The van der Waals surface area contributed by atoms with Crippen molar-refractivity contribution >= 4 is 18.3 Å². The van der Waals surface area contributed by atoms with Crippen molar-refractivity contribution in [2.45, 2.75) is 19.2 Å². The average molecular weight is 311 g/mol. The van der Waals surface area contributed by atoms with Crippen LogP contribution < -0.4 is 15.8 Å². The van der Waals surface area contributed by atoms with Gasteiger partial charge in [-0.1, -0.05) is 18.2 Å². The van der Waals surface area contributed by atoms with Gasteiger partial charge in [0.2, 0.25) is 5.91 Å². The molecule has 1 rings (SSSR count). The molecular formula is C12H17ClF2N2O3. The molecule has 0 fully saturated rings. The van der Waals surface area contributed by atoms with E-state index in [0.717, 1.165) is 0 Å². The Hall–Kier alpha value is -1.44. The van der Waals surface area contributed by atoms with Crippen LogP contribution in [0.15, 0.2) is 24.3 Å². The SMILES string of the molecule is COCC(N)C(=O)NCc1ccccc1OC(F)F.Cl. The van der Waals surface area contributed by atoms with Crippen LogP contribution in [0.1, 0.15) is 5.56 Å². The minimum Gasteiger partial charge on any atom is -0.434 e. The van der Waals surface area contributed by atoms with Crippen LogP contribution in [-0.4, -0.2) is 32.3 Å². The van der Waals surface area contributed by atoms with Crippen LogP contribution in [0, 0.1) is 0 Å². The summed E-state index contributed by atoms with van der Waals surface area (Å²) in [5.41, 5.74) is 5.97. The predicted molar refractivity (Wildman–Crippen MR) is 72.0 cm³/mol. The molecule has 114 valence electrons. The second-order valence-corrected chi connectivity index (χ2v) is 3.77. The van der Waals surface area contributed by atoms with E-state index in [1.807, 2.05) is 0 Å². The number of nitrogens with two attached hydrogens (primary N) is 1. The van der Waals surface area contributed by atoms with Crippen molar-refractivity contribution < 1.29 is 23.0 Å². The lowest BCUT2D eigenvalue weighted by atomic mass is 10.2. The molecule has 0 aliphatic rings. The Morgan fingerprint density at radius 3 is 2.65 bits per heavy atom. The molecule has 0 heterocycles. The van der Waals surface area contributed by atoms with Crippen molar-refractivity contribution in [3.63, 3.8) is 0 Å². The van der Waals surface area contributed by atoms with Gasteiger partial charge in [-0.25, -0.2) is 0 Å². The molecule has 1 aromatic rings. The van der Waals surface area contributed by atoms with Gasteiger partial charge in [-0.15, -0.1) is 12.4 Å². The van der Waals surface area contributed by atoms with E-state index in [2.05, 4.69) is 10.1 Å². The summed E-state index contributed by atoms with van der Waals surface area (Å²) < 4.78 is 33.5. The standard InChI is InChI=1S/C12H16F2N2O3.ClH/c1-18-7-9(15)11(17)16-6-8-4-2-3-5-10(8)19-12(13)14;/h2-5,9,12H,6-7,15H2,1H3,(H,16,17);1H. The number of rotatable bonds is 7. The first-order chi connectivity index (χ1) is 9.04. The number of ether oxygens (including phenoxy) is 2. The Bertz CT molecular complexity index is 421. The largest absolute Gasteiger partial charge is 0.434 e. The van der Waals surface area contributed by atoms with E-state index in [0.29, 0.717) is 5.56 Å². The predicted octanol–water partition coefficient (Wildman–Crippen LogP) is 1.30. The molecule has 8 heteroatoms. The van der Waals surface area contributed by atoms with Gasteiger partial charge < -0.3 is 20.5 Å². The highest BCUT2D eigenvalue weighted by molar-refractivity contribution is 5.85. The lowest BCUT2D eigenvalue weighted by Crippen LogP contribution is -2.43. The van der Waals surface area contributed by atoms with Gasteiger partial charge in [0.25, 0.3) is 0 Å². The molecule has 5 nitrogen and oxygen atoms in total. The third kappa shape index (κ3) is 6.14. The monoisotopic (exact) mass is 310 g/mol. The summed E-state index contributed by atoms with van der Waals surface area (Å²) in [6, 6.07) is 5.42. The summed E-state index contributed by atoms with van der Waals surface area (Å²) in [6.45, 7) is -2.77. The normalized spacial score (nSPS) is 11.7. The highest BCUT2D eigenvalue weighted by Crippen LogP contribution is 2.19. The summed E-state index contributed by atoms with van der Waals surface area (Å²) in [5, 5.41) is 2.53. The molecule has 0 bridgehead atoms. The van der Waals surface area contributed by atoms with Gasteiger partial charge in [0, 0.05) is 19.2 Å². The van der Waals surface area contributed by atoms with Gasteiger partial charge in [0.15, 0.2) is 0 Å². The second kappa shape index (κ2) is 9.46. The van der Waals surface area contributed by atoms with Gasteiger partial charge in [-0.05, 0) is 6.07 Å². The van der Waals surface area contributed by atoms with Crippen LogP contribution in [0.4, 0.5) is 8.78 Å². The first kappa shape index (κ1) is 18.6. The van der Waals surface area contributed by atoms with Gasteiger partial charge in [-0.3, -0.25) is 4.79 Å². The fourth-order valence-electron chi connectivity index (χ4n) is 1.43. The minimum absolute atomic E-state index is 0. The molecule has 3 N–H and O–H groups in total. The van der Waals surface area contributed by atoms with Gasteiger partial charge in [0.1, 0.15) is 11.8 Å². The summed E-state index contributed by atoms with van der Waals surface area (Å²) in [6.07, 6.45) is 0. The molecule has 1 atom stereocenters. The molecular weight excluding hydrogens is 294 g/mol. The Kier molecular flexibility index (Phi) is 8.78. The lowest BCUT2D eigenvalue weighted by molar-refractivity contribution is -0.123. The molecule has 0 aliphatic carbocycles. The molecule has 0 radical (unpaired) electrons. The zero-order chi connectivity index (χ0) is 14.3. The topological polar surface area (TPSA) is 73.6 Å². The first-order valence-corrected chi connectivity index (χ1v) is 5.59. The van der Waals surface area contributed by atoms with E-state index in [9.17, 15) is 13.6 Å². The number of nitrogens with one attached hydrogen (secondary N) is 1. The Labute approximate surface area is 121 Å². The molecule has 20 heavy (non-hydrogen) atoms. The number of alkyl halides is 2. The van der Waals surface area contributed by atoms with Crippen molar-refractivity contribution in [2.75, 3.05) is 13.7 Å². The zero-order valence-corrected chi connectivity index (χ0v) is 11.7. The van der Waals surface area contributed by atoms with E-state index in [4.69, 9.17) is 10.5 Å². The van der Waals surface area contributed by atoms with E-state index in [-0.39, 0.29) is 31.3 Å². The maximum atomic E-state index is 12.2. The summed E-state index contributed by atoms with van der Waals surface area (Å²) >= 11 is 0. The fraction of sp³-hybridized carbons (Fsp3) is 0.417. The molecule has 0 aliphatic heterocycles. The van der Waals surface area contributed by atoms with Crippen LogP contribution in [-0.2, 0) is 16.1 Å². The van der Waals surface area contributed by atoms with Gasteiger partial charge in [-0.2, -0.15) is 8.78 Å². The van der Waals surface area contributed by atoms with E-state index >= 15 is 0 Å². The van der Waals surface area contributed by atoms with Crippen LogP contribution in [0.2, 0.25) is 0 Å². The number of hydrogen-bond donors (Lipinski definition) is 2. The summed E-state index contributed by atoms with van der Waals surface area (Å²) in [7, 11) is 1.43. The van der Waals surface area contributed by atoms with E-state index < -0.39 is 18.6 Å². The van der Waals surface area contributed by atoms with Crippen molar-refractivity contribution in [2.24, 2.45) is 5.73 Å². The highest BCUT2D eigenvalue weighted by Gasteiger charge is 2.14. The quantitative estimate of drug-likeness (QED) is 0.796. The van der Waals surface area contributed by atoms with E-state index in [1.54, 1.807) is 18.2 Å². The maximum absolute atomic E-state index is 12.2. The number of carbonyl (C=O) groups excluding carboxylic acids is 1. The number of methoxy groups -OCH3 is 1. The number of amides is 1. The fourth-order valence-corrected chi connectivity index (χ4v) is 1.43. The molecule has 0 saturated heterocycles. The smallest absolute Gasteiger partial charge is 0.387 e. The Balaban J connectivity index is 0.00000361. The molecule has 1 aromatic carbocycles. The first-order valence-electron chi connectivity index (χ1n) is 5.59. The molecule has 0 spiro atoms. The third-order valence-electron chi connectivity index (χ3n) is 2.32. The van der Waals surface area contributed by atoms with Crippen LogP contribution >= 0.6 is 12.4 Å². The maximum Gasteiger partial charge on any atom is 0.387 e. The van der Waals surface area contributed by atoms with Crippen molar-refractivity contribution in [3.8, 4) is 5.75 Å². The van der Waals surface area contributed by atoms with Crippen molar-refractivity contribution in [1.82, 2.24) is 5.32 Å². The summed E-state index contributed by atoms with van der Waals surface area (Å²) in [5.74, 6) is -0.396. The molecule has 1 amide bonds. The van der Waals surface area contributed by atoms with Crippen molar-refractivity contribution in [1.29, 1.82) is 0 Å². The highest BCUT2D eigenvalue weighted by atomic mass is 35.5. The van der Waals surface area contributed by atoms with Crippen LogP contribution in [0.25, 0.3) is 0 Å².